The summed E-state index contributed by atoms with van der Waals surface area (Å²) in [6, 6.07) is 11.6. The second-order valence-electron chi connectivity index (χ2n) is 7.62. The Morgan fingerprint density at radius 3 is 2.58 bits per heavy atom. The van der Waals surface area contributed by atoms with Crippen molar-refractivity contribution in [3.05, 3.63) is 63.6 Å². The van der Waals surface area contributed by atoms with Crippen molar-refractivity contribution in [2.45, 2.75) is 13.8 Å². The van der Waals surface area contributed by atoms with Gasteiger partial charge in [-0.3, -0.25) is 14.5 Å². The van der Waals surface area contributed by atoms with Crippen LogP contribution in [0.3, 0.4) is 0 Å². The van der Waals surface area contributed by atoms with E-state index in [1.165, 1.54) is 0 Å². The zero-order valence-electron chi connectivity index (χ0n) is 18.2. The van der Waals surface area contributed by atoms with Crippen molar-refractivity contribution in [2.75, 3.05) is 45.2 Å². The molecule has 0 radical (unpaired) electrons. The molecule has 0 bridgehead atoms. The molecule has 1 heterocycles. The maximum Gasteiger partial charge on any atom is 0.246 e. The normalized spacial score (nSPS) is 14.6. The van der Waals surface area contributed by atoms with Gasteiger partial charge in [-0.25, -0.2) is 0 Å². The van der Waals surface area contributed by atoms with Crippen molar-refractivity contribution < 1.29 is 14.3 Å². The van der Waals surface area contributed by atoms with Gasteiger partial charge in [0.1, 0.15) is 5.75 Å². The lowest BCUT2D eigenvalue weighted by Crippen LogP contribution is -2.50. The van der Waals surface area contributed by atoms with Crippen LogP contribution in [0.4, 0.5) is 5.69 Å². The smallest absolute Gasteiger partial charge is 0.246 e. The minimum atomic E-state index is -0.0403. The number of methoxy groups -OCH3 is 1. The molecular formula is C24H28BrN3O3. The van der Waals surface area contributed by atoms with Crippen LogP contribution in [0.25, 0.3) is 6.08 Å². The van der Waals surface area contributed by atoms with E-state index in [1.807, 2.05) is 50.2 Å². The topological polar surface area (TPSA) is 61.9 Å². The van der Waals surface area contributed by atoms with Crippen LogP contribution in [-0.4, -0.2) is 61.4 Å². The molecule has 0 aromatic heterocycles. The number of carbonyl (C=O) groups is 2. The molecule has 3 rings (SSSR count). The lowest BCUT2D eigenvalue weighted by molar-refractivity contribution is -0.127. The van der Waals surface area contributed by atoms with E-state index in [1.54, 1.807) is 24.2 Å². The second-order valence-corrected chi connectivity index (χ2v) is 8.53. The first-order chi connectivity index (χ1) is 14.9. The molecule has 1 aliphatic rings. The van der Waals surface area contributed by atoms with Crippen molar-refractivity contribution in [1.82, 2.24) is 9.80 Å². The van der Waals surface area contributed by atoms with Gasteiger partial charge in [0, 0.05) is 48.0 Å². The number of carbonyl (C=O) groups excluding carboxylic acids is 2. The highest BCUT2D eigenvalue weighted by Gasteiger charge is 2.21. The number of halogens is 1. The van der Waals surface area contributed by atoms with Gasteiger partial charge in [-0.2, -0.15) is 0 Å². The van der Waals surface area contributed by atoms with E-state index in [4.69, 9.17) is 4.74 Å². The fourth-order valence-corrected chi connectivity index (χ4v) is 3.89. The van der Waals surface area contributed by atoms with Gasteiger partial charge >= 0.3 is 0 Å². The maximum absolute atomic E-state index is 12.6. The number of aryl methyl sites for hydroxylation is 1. The molecule has 0 saturated carbocycles. The highest BCUT2D eigenvalue weighted by Crippen LogP contribution is 2.24. The fourth-order valence-electron chi connectivity index (χ4n) is 3.51. The molecule has 6 nitrogen and oxygen atoms in total. The van der Waals surface area contributed by atoms with Gasteiger partial charge < -0.3 is 15.0 Å². The number of nitrogens with zero attached hydrogens (tertiary/aromatic N) is 2. The van der Waals surface area contributed by atoms with Gasteiger partial charge in [0.2, 0.25) is 11.8 Å². The average Bonchev–Trinajstić information content (AvgIpc) is 2.76. The van der Waals surface area contributed by atoms with E-state index in [2.05, 4.69) is 26.1 Å². The van der Waals surface area contributed by atoms with Gasteiger partial charge in [-0.1, -0.05) is 28.1 Å². The lowest BCUT2D eigenvalue weighted by atomic mass is 10.1. The Bertz CT molecular complexity index is 982. The molecule has 0 unspecified atom stereocenters. The molecule has 2 amide bonds. The zero-order valence-corrected chi connectivity index (χ0v) is 19.7. The fraction of sp³-hybridized carbons (Fsp3) is 0.333. The summed E-state index contributed by atoms with van der Waals surface area (Å²) in [7, 11) is 1.61. The number of hydrogen-bond donors (Lipinski definition) is 1. The molecule has 7 heteroatoms. The Hall–Kier alpha value is -2.64. The highest BCUT2D eigenvalue weighted by molar-refractivity contribution is 9.10. The lowest BCUT2D eigenvalue weighted by Gasteiger charge is -2.33. The van der Waals surface area contributed by atoms with E-state index < -0.39 is 0 Å². The van der Waals surface area contributed by atoms with Gasteiger partial charge in [-0.15, -0.1) is 0 Å². The van der Waals surface area contributed by atoms with E-state index in [0.717, 1.165) is 26.9 Å². The summed E-state index contributed by atoms with van der Waals surface area (Å²) < 4.78 is 6.27. The van der Waals surface area contributed by atoms with Crippen molar-refractivity contribution in [3.63, 3.8) is 0 Å². The molecule has 1 fully saturated rings. The zero-order chi connectivity index (χ0) is 22.4. The first kappa shape index (κ1) is 23.0. The van der Waals surface area contributed by atoms with E-state index in [9.17, 15) is 9.59 Å². The molecule has 1 N–H and O–H groups in total. The summed E-state index contributed by atoms with van der Waals surface area (Å²) in [5.74, 6) is 0.642. The third-order valence-corrected chi connectivity index (χ3v) is 6.02. The van der Waals surface area contributed by atoms with Crippen LogP contribution in [-0.2, 0) is 9.59 Å². The number of anilines is 1. The molecule has 2 aromatic carbocycles. The molecule has 1 saturated heterocycles. The van der Waals surface area contributed by atoms with Gasteiger partial charge in [0.25, 0.3) is 0 Å². The maximum atomic E-state index is 12.6. The molecule has 0 atom stereocenters. The highest BCUT2D eigenvalue weighted by atomic mass is 79.9. The van der Waals surface area contributed by atoms with Crippen LogP contribution >= 0.6 is 15.9 Å². The van der Waals surface area contributed by atoms with E-state index in [0.29, 0.717) is 38.5 Å². The summed E-state index contributed by atoms with van der Waals surface area (Å²) in [5.41, 5.74) is 3.93. The SMILES string of the molecule is COc1ccc(Br)cc1C=CC(=O)N1CCN(CC(=O)Nc2cccc(C)c2C)CC1. The number of rotatable bonds is 6. The molecule has 1 aliphatic heterocycles. The van der Waals surface area contributed by atoms with Crippen molar-refractivity contribution in [2.24, 2.45) is 0 Å². The predicted molar refractivity (Wildman–Crippen MR) is 127 cm³/mol. The summed E-state index contributed by atoms with van der Waals surface area (Å²) in [4.78, 5) is 28.9. The predicted octanol–water partition coefficient (Wildman–Crippen LogP) is 3.87. The van der Waals surface area contributed by atoms with Gasteiger partial charge in [0.05, 0.1) is 13.7 Å². The number of hydrogen-bond acceptors (Lipinski definition) is 4. The Kier molecular flexibility index (Phi) is 7.87. The van der Waals surface area contributed by atoms with Crippen LogP contribution in [0.1, 0.15) is 16.7 Å². The number of ether oxygens (including phenoxy) is 1. The first-order valence-corrected chi connectivity index (χ1v) is 11.1. The number of benzene rings is 2. The van der Waals surface area contributed by atoms with Gasteiger partial charge in [-0.05, 0) is 55.3 Å². The summed E-state index contributed by atoms with van der Waals surface area (Å²) in [6.07, 6.45) is 3.35. The van der Waals surface area contributed by atoms with Crippen molar-refractivity contribution in [3.8, 4) is 5.75 Å². The van der Waals surface area contributed by atoms with E-state index >= 15 is 0 Å². The second kappa shape index (κ2) is 10.6. The Balaban J connectivity index is 1.50. The number of nitrogens with one attached hydrogen (secondary N) is 1. The molecule has 2 aromatic rings. The minimum Gasteiger partial charge on any atom is -0.496 e. The third kappa shape index (κ3) is 6.18. The molecule has 164 valence electrons. The number of amides is 2. The van der Waals surface area contributed by atoms with Crippen LogP contribution in [0.15, 0.2) is 46.9 Å². The third-order valence-electron chi connectivity index (χ3n) is 5.53. The Labute approximate surface area is 192 Å². The standard InChI is InChI=1S/C24H28BrN3O3/c1-17-5-4-6-21(18(17)2)26-23(29)16-27-11-13-28(14-12-27)24(30)10-7-19-15-20(25)8-9-22(19)31-3/h4-10,15H,11-14,16H2,1-3H3,(H,26,29). The monoisotopic (exact) mass is 485 g/mol. The minimum absolute atomic E-state index is 0.0323. The van der Waals surface area contributed by atoms with Crippen LogP contribution in [0.2, 0.25) is 0 Å². The van der Waals surface area contributed by atoms with Crippen molar-refractivity contribution >= 4 is 39.5 Å². The first-order valence-electron chi connectivity index (χ1n) is 10.3. The van der Waals surface area contributed by atoms with Crippen molar-refractivity contribution in [1.29, 1.82) is 0 Å². The molecular weight excluding hydrogens is 458 g/mol. The summed E-state index contributed by atoms with van der Waals surface area (Å²) in [5, 5.41) is 3.00. The van der Waals surface area contributed by atoms with Crippen LogP contribution < -0.4 is 10.1 Å². The molecule has 31 heavy (non-hydrogen) atoms. The largest absolute Gasteiger partial charge is 0.496 e. The summed E-state index contributed by atoms with van der Waals surface area (Å²) in [6.45, 7) is 6.88. The quantitative estimate of drug-likeness (QED) is 0.630. The number of piperazine rings is 1. The Morgan fingerprint density at radius 2 is 1.87 bits per heavy atom. The molecule has 0 spiro atoms. The average molecular weight is 486 g/mol. The molecule has 0 aliphatic carbocycles. The van der Waals surface area contributed by atoms with Gasteiger partial charge in [0.15, 0.2) is 0 Å². The van der Waals surface area contributed by atoms with Crippen LogP contribution in [0, 0.1) is 13.8 Å². The Morgan fingerprint density at radius 1 is 1.13 bits per heavy atom. The summed E-state index contributed by atoms with van der Waals surface area (Å²) >= 11 is 3.44. The van der Waals surface area contributed by atoms with Crippen LogP contribution in [0.5, 0.6) is 5.75 Å². The van der Waals surface area contributed by atoms with E-state index in [-0.39, 0.29) is 11.8 Å².